The number of benzene rings is 3. The van der Waals surface area contributed by atoms with Crippen LogP contribution in [-0.2, 0) is 21.2 Å². The summed E-state index contributed by atoms with van der Waals surface area (Å²) in [5.74, 6) is -2.67. The average Bonchev–Trinajstić information content (AvgIpc) is 3.29. The fourth-order valence-electron chi connectivity index (χ4n) is 4.50. The first kappa shape index (κ1) is 29.7. The number of hydrogen-bond acceptors (Lipinski definition) is 6. The van der Waals surface area contributed by atoms with Crippen LogP contribution in [0.25, 0.3) is 33.3 Å². The monoisotopic (exact) mass is 589 g/mol. The van der Waals surface area contributed by atoms with E-state index < -0.39 is 28.0 Å². The largest absolute Gasteiger partial charge is 0.490 e. The number of aromatic amines is 1. The van der Waals surface area contributed by atoms with E-state index in [-0.39, 0.29) is 17.1 Å². The molecule has 3 N–H and O–H groups in total. The molecule has 0 atom stereocenters. The van der Waals surface area contributed by atoms with E-state index in [0.717, 1.165) is 27.8 Å². The van der Waals surface area contributed by atoms with Gasteiger partial charge in [0.15, 0.2) is 9.84 Å². The molecular weight excluding hydrogens is 563 g/mol. The molecule has 41 heavy (non-hydrogen) atoms. The molecule has 1 aliphatic rings. The maximum Gasteiger partial charge on any atom is 0.490 e. The van der Waals surface area contributed by atoms with Gasteiger partial charge in [0.25, 0.3) is 0 Å². The fraction of sp³-hybridized carbons (Fsp3) is 0.250. The van der Waals surface area contributed by atoms with E-state index in [0.29, 0.717) is 36.5 Å². The number of aromatic carboxylic acids is 1. The third-order valence-corrected chi connectivity index (χ3v) is 8.16. The van der Waals surface area contributed by atoms with E-state index in [4.69, 9.17) is 9.90 Å². The number of carbonyl (C=O) groups is 2. The van der Waals surface area contributed by atoms with Gasteiger partial charge >= 0.3 is 18.1 Å². The number of alkyl halides is 3. The number of rotatable bonds is 5. The lowest BCUT2D eigenvalue weighted by molar-refractivity contribution is -0.192. The number of imidazole rings is 1. The molecule has 1 aliphatic heterocycles. The Morgan fingerprint density at radius 3 is 2.12 bits per heavy atom. The van der Waals surface area contributed by atoms with Gasteiger partial charge in [-0.15, -0.1) is 0 Å². The molecule has 3 aromatic carbocycles. The second kappa shape index (κ2) is 11.7. The normalized spacial score (nSPS) is 15.2. The molecule has 5 rings (SSSR count). The van der Waals surface area contributed by atoms with Crippen LogP contribution >= 0.6 is 0 Å². The van der Waals surface area contributed by atoms with Gasteiger partial charge in [0.2, 0.25) is 0 Å². The van der Waals surface area contributed by atoms with Gasteiger partial charge in [-0.2, -0.15) is 13.2 Å². The lowest BCUT2D eigenvalue weighted by Gasteiger charge is -2.27. The van der Waals surface area contributed by atoms with E-state index in [9.17, 15) is 31.5 Å². The van der Waals surface area contributed by atoms with Gasteiger partial charge < -0.3 is 15.2 Å². The Morgan fingerprint density at radius 1 is 0.951 bits per heavy atom. The summed E-state index contributed by atoms with van der Waals surface area (Å²) >= 11 is 0. The Labute approximate surface area is 233 Å². The average molecular weight is 590 g/mol. The number of carboxylic acids is 2. The summed E-state index contributed by atoms with van der Waals surface area (Å²) in [6.07, 6.45) is -5.08. The molecule has 4 aromatic rings. The topological polar surface area (TPSA) is 141 Å². The lowest BCUT2D eigenvalue weighted by atomic mass is 9.96. The summed E-state index contributed by atoms with van der Waals surface area (Å²) in [5.41, 5.74) is 6.37. The van der Waals surface area contributed by atoms with Gasteiger partial charge in [0, 0.05) is 19.6 Å². The second-order valence-electron chi connectivity index (χ2n) is 9.51. The van der Waals surface area contributed by atoms with Crippen LogP contribution in [0.2, 0.25) is 0 Å². The number of nitrogens with one attached hydrogen (secondary N) is 1. The molecule has 0 spiro atoms. The highest BCUT2D eigenvalue weighted by atomic mass is 32.2. The number of aromatic nitrogens is 2. The zero-order chi connectivity index (χ0) is 29.9. The van der Waals surface area contributed by atoms with Gasteiger partial charge in [0.05, 0.1) is 22.6 Å². The summed E-state index contributed by atoms with van der Waals surface area (Å²) in [5, 5.41) is 16.8. The molecule has 0 bridgehead atoms. The molecule has 1 aromatic heterocycles. The van der Waals surface area contributed by atoms with Gasteiger partial charge in [0.1, 0.15) is 11.3 Å². The van der Waals surface area contributed by atoms with Crippen LogP contribution in [0.4, 0.5) is 13.2 Å². The summed E-state index contributed by atoms with van der Waals surface area (Å²) in [7, 11) is -2.91. The number of fused-ring (bicyclic) bond motifs is 1. The minimum atomic E-state index is -5.08. The van der Waals surface area contributed by atoms with E-state index in [1.807, 2.05) is 42.5 Å². The maximum absolute atomic E-state index is 11.8. The number of sulfone groups is 1. The molecule has 0 aliphatic carbocycles. The van der Waals surface area contributed by atoms with Crippen LogP contribution in [0, 0.1) is 6.92 Å². The van der Waals surface area contributed by atoms with Crippen molar-refractivity contribution in [3.8, 4) is 22.3 Å². The number of aliphatic carboxylic acids is 1. The minimum Gasteiger partial charge on any atom is -0.478 e. The molecule has 0 unspecified atom stereocenters. The van der Waals surface area contributed by atoms with Crippen molar-refractivity contribution >= 4 is 32.8 Å². The van der Waals surface area contributed by atoms with Crippen LogP contribution in [0.15, 0.2) is 60.7 Å². The molecule has 1 fully saturated rings. The number of carboxylic acid groups (broad SMARTS) is 2. The highest BCUT2D eigenvalue weighted by Gasteiger charge is 2.38. The van der Waals surface area contributed by atoms with Crippen molar-refractivity contribution in [2.45, 2.75) is 19.6 Å². The van der Waals surface area contributed by atoms with Gasteiger partial charge in [-0.25, -0.2) is 23.0 Å². The SMILES string of the molecule is Cc1nc2c(C(=O)O)cc(-c3ccc(-c4ccccc4CN4CCS(=O)(=O)CC4)cc3)cc2[nH]1.O=C(O)C(F)(F)F. The number of H-pyrrole nitrogens is 1. The smallest absolute Gasteiger partial charge is 0.478 e. The Morgan fingerprint density at radius 2 is 1.54 bits per heavy atom. The molecule has 2 heterocycles. The van der Waals surface area contributed by atoms with Crippen LogP contribution in [-0.4, -0.2) is 76.2 Å². The Hall–Kier alpha value is -4.23. The van der Waals surface area contributed by atoms with E-state index in [2.05, 4.69) is 27.0 Å². The highest BCUT2D eigenvalue weighted by molar-refractivity contribution is 7.91. The first-order chi connectivity index (χ1) is 19.2. The first-order valence-electron chi connectivity index (χ1n) is 12.4. The summed E-state index contributed by atoms with van der Waals surface area (Å²) < 4.78 is 55.2. The zero-order valence-electron chi connectivity index (χ0n) is 21.8. The molecule has 1 saturated heterocycles. The lowest BCUT2D eigenvalue weighted by Crippen LogP contribution is -2.39. The van der Waals surface area contributed by atoms with Crippen molar-refractivity contribution in [1.29, 1.82) is 0 Å². The standard InChI is InChI=1S/C26H25N3O4S.C2HF3O2/c1-17-27-24-15-21(14-23(26(30)31)25(24)28-17)18-6-8-19(9-7-18)22-5-3-2-4-20(22)16-29-10-12-34(32,33)13-11-29;3-2(4,5)1(6)7/h2-9,14-15H,10-13,16H2,1H3,(H,27,28)(H,30,31);(H,6,7). The van der Waals surface area contributed by atoms with Crippen molar-refractivity contribution in [2.75, 3.05) is 24.6 Å². The Balaban J connectivity index is 0.000000493. The van der Waals surface area contributed by atoms with Crippen LogP contribution in [0.3, 0.4) is 0 Å². The summed E-state index contributed by atoms with van der Waals surface area (Å²) in [6, 6.07) is 19.8. The summed E-state index contributed by atoms with van der Waals surface area (Å²) in [6.45, 7) is 3.61. The Bertz CT molecular complexity index is 1690. The number of aryl methyl sites for hydroxylation is 1. The summed E-state index contributed by atoms with van der Waals surface area (Å²) in [4.78, 5) is 30.3. The van der Waals surface area contributed by atoms with Gasteiger partial charge in [-0.1, -0.05) is 48.5 Å². The van der Waals surface area contributed by atoms with Crippen LogP contribution in [0.5, 0.6) is 0 Å². The number of nitrogens with zero attached hydrogens (tertiary/aromatic N) is 2. The third-order valence-electron chi connectivity index (χ3n) is 6.56. The highest BCUT2D eigenvalue weighted by Crippen LogP contribution is 2.31. The van der Waals surface area contributed by atoms with Crippen LogP contribution in [0.1, 0.15) is 21.7 Å². The number of hydrogen-bond donors (Lipinski definition) is 3. The molecule has 0 amide bonds. The molecule has 9 nitrogen and oxygen atoms in total. The van der Waals surface area contributed by atoms with Gasteiger partial charge in [-0.05, 0) is 46.9 Å². The van der Waals surface area contributed by atoms with Gasteiger partial charge in [-0.3, -0.25) is 4.90 Å². The maximum atomic E-state index is 11.8. The predicted octanol–water partition coefficient (Wildman–Crippen LogP) is 4.77. The molecule has 0 radical (unpaired) electrons. The van der Waals surface area contributed by atoms with E-state index >= 15 is 0 Å². The number of halogens is 3. The molecular formula is C28H26F3N3O6S. The van der Waals surface area contributed by atoms with Crippen molar-refractivity contribution in [1.82, 2.24) is 14.9 Å². The van der Waals surface area contributed by atoms with Crippen LogP contribution < -0.4 is 0 Å². The second-order valence-corrected chi connectivity index (χ2v) is 11.8. The fourth-order valence-corrected chi connectivity index (χ4v) is 5.78. The minimum absolute atomic E-state index is 0.176. The van der Waals surface area contributed by atoms with Crippen molar-refractivity contribution in [3.63, 3.8) is 0 Å². The molecule has 216 valence electrons. The third kappa shape index (κ3) is 7.30. The van der Waals surface area contributed by atoms with E-state index in [1.165, 1.54) is 0 Å². The van der Waals surface area contributed by atoms with E-state index in [1.54, 1.807) is 13.0 Å². The van der Waals surface area contributed by atoms with Crippen molar-refractivity contribution < 1.29 is 41.4 Å². The quantitative estimate of drug-likeness (QED) is 0.303. The van der Waals surface area contributed by atoms with Crippen molar-refractivity contribution in [3.05, 3.63) is 77.6 Å². The van der Waals surface area contributed by atoms with Crippen molar-refractivity contribution in [2.24, 2.45) is 0 Å². The molecule has 13 heteroatoms. The predicted molar refractivity (Wildman–Crippen MR) is 146 cm³/mol. The first-order valence-corrected chi connectivity index (χ1v) is 14.2. The molecule has 0 saturated carbocycles. The Kier molecular flexibility index (Phi) is 8.50. The zero-order valence-corrected chi connectivity index (χ0v) is 22.6.